The van der Waals surface area contributed by atoms with Crippen molar-refractivity contribution < 1.29 is 29.0 Å². The Hall–Kier alpha value is -4.21. The normalized spacial score (nSPS) is 20.9. The molecule has 9 nitrogen and oxygen atoms in total. The van der Waals surface area contributed by atoms with Crippen molar-refractivity contribution in [3.63, 3.8) is 0 Å². The number of carbonyl (C=O) groups is 3. The first-order valence-corrected chi connectivity index (χ1v) is 15.4. The van der Waals surface area contributed by atoms with E-state index in [9.17, 15) is 19.5 Å². The first kappa shape index (κ1) is 29.8. The van der Waals surface area contributed by atoms with E-state index in [0.717, 1.165) is 65.7 Å². The van der Waals surface area contributed by atoms with Gasteiger partial charge in [0.25, 0.3) is 0 Å². The standard InChI is InChI=1S/C35H39N3O6/c1-43-26-16-14-24(15-17-26)37-18-19-38(33(39)21-37)25-12-10-23(11-13-25)20-32(34(40)41)36-35(42)44-22-31-29-8-4-2-6-27(29)28-7-3-5-9-30(28)31/h2-13,24,26,31-32H,14-22H2,1H3,(H,36,42)(H,40,41)/t24?,26?,32-/m0/s1. The van der Waals surface area contributed by atoms with Gasteiger partial charge in [0.1, 0.15) is 12.6 Å². The second-order valence-corrected chi connectivity index (χ2v) is 11.9. The number of benzene rings is 3. The van der Waals surface area contributed by atoms with Gasteiger partial charge in [-0.1, -0.05) is 60.7 Å². The molecule has 2 fully saturated rings. The molecule has 9 heteroatoms. The van der Waals surface area contributed by atoms with Crippen LogP contribution < -0.4 is 10.2 Å². The number of carboxylic acid groups (broad SMARTS) is 1. The van der Waals surface area contributed by atoms with Crippen LogP contribution in [-0.4, -0.2) is 79.5 Å². The van der Waals surface area contributed by atoms with Crippen LogP contribution in [0.2, 0.25) is 0 Å². The molecule has 1 saturated heterocycles. The van der Waals surface area contributed by atoms with Gasteiger partial charge in [-0.2, -0.15) is 0 Å². The molecule has 3 aliphatic rings. The second kappa shape index (κ2) is 13.2. The molecule has 0 bridgehead atoms. The minimum Gasteiger partial charge on any atom is -0.480 e. The summed E-state index contributed by atoms with van der Waals surface area (Å²) in [5.74, 6) is -1.19. The monoisotopic (exact) mass is 597 g/mol. The van der Waals surface area contributed by atoms with E-state index < -0.39 is 18.1 Å². The van der Waals surface area contributed by atoms with Crippen molar-refractivity contribution in [3.8, 4) is 11.1 Å². The van der Waals surface area contributed by atoms with Crippen molar-refractivity contribution in [1.29, 1.82) is 0 Å². The summed E-state index contributed by atoms with van der Waals surface area (Å²) in [6.07, 6.45) is 3.82. The van der Waals surface area contributed by atoms with Gasteiger partial charge in [0.2, 0.25) is 5.91 Å². The molecule has 6 rings (SSSR count). The van der Waals surface area contributed by atoms with Crippen molar-refractivity contribution in [2.45, 2.75) is 56.2 Å². The van der Waals surface area contributed by atoms with Crippen molar-refractivity contribution in [1.82, 2.24) is 10.2 Å². The number of rotatable bonds is 9. The first-order valence-electron chi connectivity index (χ1n) is 15.4. The van der Waals surface area contributed by atoms with E-state index in [0.29, 0.717) is 25.2 Å². The molecule has 2 amide bonds. The van der Waals surface area contributed by atoms with Crippen molar-refractivity contribution in [2.24, 2.45) is 0 Å². The van der Waals surface area contributed by atoms with Gasteiger partial charge in [-0.05, 0) is 65.6 Å². The number of alkyl carbamates (subject to hydrolysis) is 1. The minimum absolute atomic E-state index is 0.0678. The molecule has 44 heavy (non-hydrogen) atoms. The third kappa shape index (κ3) is 6.34. The maximum absolute atomic E-state index is 13.1. The van der Waals surface area contributed by atoms with E-state index in [1.54, 1.807) is 12.0 Å². The van der Waals surface area contributed by atoms with Crippen LogP contribution in [0.3, 0.4) is 0 Å². The molecular weight excluding hydrogens is 558 g/mol. The van der Waals surface area contributed by atoms with Gasteiger partial charge in [-0.15, -0.1) is 0 Å². The lowest BCUT2D eigenvalue weighted by Crippen LogP contribution is -2.54. The Morgan fingerprint density at radius 1 is 0.909 bits per heavy atom. The fourth-order valence-corrected chi connectivity index (χ4v) is 6.95. The van der Waals surface area contributed by atoms with E-state index in [1.807, 2.05) is 60.7 Å². The van der Waals surface area contributed by atoms with Crippen LogP contribution in [0.1, 0.15) is 48.3 Å². The molecule has 230 valence electrons. The summed E-state index contributed by atoms with van der Waals surface area (Å²) in [6.45, 7) is 1.94. The van der Waals surface area contributed by atoms with Gasteiger partial charge in [-0.3, -0.25) is 9.69 Å². The molecule has 3 aromatic carbocycles. The van der Waals surface area contributed by atoms with Gasteiger partial charge >= 0.3 is 12.1 Å². The summed E-state index contributed by atoms with van der Waals surface area (Å²) < 4.78 is 11.1. The fourth-order valence-electron chi connectivity index (χ4n) is 6.95. The summed E-state index contributed by atoms with van der Waals surface area (Å²) in [6, 6.07) is 22.7. The summed E-state index contributed by atoms with van der Waals surface area (Å²) in [4.78, 5) is 41.9. The molecule has 3 aromatic rings. The van der Waals surface area contributed by atoms with E-state index >= 15 is 0 Å². The topological polar surface area (TPSA) is 108 Å². The third-order valence-electron chi connectivity index (χ3n) is 9.37. The highest BCUT2D eigenvalue weighted by molar-refractivity contribution is 5.95. The Balaban J connectivity index is 1.02. The summed E-state index contributed by atoms with van der Waals surface area (Å²) in [5.41, 5.74) is 5.95. The Kier molecular flexibility index (Phi) is 8.95. The van der Waals surface area contributed by atoms with E-state index in [2.05, 4.69) is 22.3 Å². The molecular formula is C35H39N3O6. The SMILES string of the molecule is COC1CCC(N2CCN(c3ccc(C[C@H](NC(=O)OCC4c5ccccc5-c5ccccc54)C(=O)O)cc3)C(=O)C2)CC1. The number of fused-ring (bicyclic) bond motifs is 3. The van der Waals surface area contributed by atoms with Crippen LogP contribution in [0.5, 0.6) is 0 Å². The molecule has 2 N–H and O–H groups in total. The maximum atomic E-state index is 13.1. The molecule has 2 aliphatic carbocycles. The largest absolute Gasteiger partial charge is 0.480 e. The number of aliphatic carboxylic acids is 1. The molecule has 1 aliphatic heterocycles. The highest BCUT2D eigenvalue weighted by atomic mass is 16.5. The number of ether oxygens (including phenoxy) is 2. The molecule has 0 spiro atoms. The zero-order valence-electron chi connectivity index (χ0n) is 25.0. The quantitative estimate of drug-likeness (QED) is 0.364. The number of hydrogen-bond donors (Lipinski definition) is 2. The molecule has 1 heterocycles. The van der Waals surface area contributed by atoms with Crippen molar-refractivity contribution in [2.75, 3.05) is 38.3 Å². The van der Waals surface area contributed by atoms with Crippen molar-refractivity contribution >= 4 is 23.7 Å². The highest BCUT2D eigenvalue weighted by Crippen LogP contribution is 2.44. The van der Waals surface area contributed by atoms with Crippen LogP contribution in [0.25, 0.3) is 11.1 Å². The second-order valence-electron chi connectivity index (χ2n) is 11.9. The number of nitrogens with zero attached hydrogens (tertiary/aromatic N) is 2. The van der Waals surface area contributed by atoms with E-state index in [4.69, 9.17) is 9.47 Å². The Labute approximate surface area is 257 Å². The van der Waals surface area contributed by atoms with E-state index in [1.165, 1.54) is 0 Å². The van der Waals surface area contributed by atoms with Gasteiger partial charge in [0.05, 0.1) is 12.6 Å². The summed E-state index contributed by atoms with van der Waals surface area (Å²) in [7, 11) is 1.77. The molecule has 1 saturated carbocycles. The first-order chi connectivity index (χ1) is 21.4. The zero-order chi connectivity index (χ0) is 30.6. The maximum Gasteiger partial charge on any atom is 0.407 e. The highest BCUT2D eigenvalue weighted by Gasteiger charge is 2.33. The predicted octanol–water partition coefficient (Wildman–Crippen LogP) is 4.83. The zero-order valence-corrected chi connectivity index (χ0v) is 25.0. The van der Waals surface area contributed by atoms with Crippen LogP contribution in [-0.2, 0) is 25.5 Å². The lowest BCUT2D eigenvalue weighted by molar-refractivity contribution is -0.139. The Bertz CT molecular complexity index is 1450. The number of anilines is 1. The molecule has 0 radical (unpaired) electrons. The Morgan fingerprint density at radius 3 is 2.14 bits per heavy atom. The number of carbonyl (C=O) groups excluding carboxylic acids is 2. The van der Waals surface area contributed by atoms with Crippen LogP contribution >= 0.6 is 0 Å². The average molecular weight is 598 g/mol. The molecule has 1 atom stereocenters. The van der Waals surface area contributed by atoms with E-state index in [-0.39, 0.29) is 24.9 Å². The average Bonchev–Trinajstić information content (AvgIpc) is 3.37. The number of nitrogens with one attached hydrogen (secondary N) is 1. The van der Waals surface area contributed by atoms with Gasteiger partial charge in [-0.25, -0.2) is 9.59 Å². The number of carboxylic acids is 1. The molecule has 0 unspecified atom stereocenters. The smallest absolute Gasteiger partial charge is 0.407 e. The lowest BCUT2D eigenvalue weighted by atomic mass is 9.91. The lowest BCUT2D eigenvalue weighted by Gasteiger charge is -2.41. The number of methoxy groups -OCH3 is 1. The van der Waals surface area contributed by atoms with Crippen LogP contribution in [0.4, 0.5) is 10.5 Å². The molecule has 0 aromatic heterocycles. The fraction of sp³-hybridized carbons (Fsp3) is 0.400. The predicted molar refractivity (Wildman–Crippen MR) is 167 cm³/mol. The third-order valence-corrected chi connectivity index (χ3v) is 9.37. The minimum atomic E-state index is -1.16. The van der Waals surface area contributed by atoms with Gasteiger partial charge < -0.3 is 24.8 Å². The van der Waals surface area contributed by atoms with Gasteiger partial charge in [0.15, 0.2) is 0 Å². The number of amides is 2. The van der Waals surface area contributed by atoms with Gasteiger partial charge in [0, 0.05) is 44.3 Å². The van der Waals surface area contributed by atoms with Crippen molar-refractivity contribution in [3.05, 3.63) is 89.5 Å². The van der Waals surface area contributed by atoms with Crippen LogP contribution in [0, 0.1) is 0 Å². The number of hydrogen-bond acceptors (Lipinski definition) is 6. The summed E-state index contributed by atoms with van der Waals surface area (Å²) in [5, 5.41) is 12.4. The summed E-state index contributed by atoms with van der Waals surface area (Å²) >= 11 is 0. The van der Waals surface area contributed by atoms with Crippen LogP contribution in [0.15, 0.2) is 72.8 Å². The Morgan fingerprint density at radius 2 is 1.55 bits per heavy atom. The number of piperazine rings is 1.